The van der Waals surface area contributed by atoms with Crippen LogP contribution in [0.2, 0.25) is 0 Å². The molecule has 2 atom stereocenters. The van der Waals surface area contributed by atoms with Gasteiger partial charge >= 0.3 is 0 Å². The topological polar surface area (TPSA) is 49.4 Å². The van der Waals surface area contributed by atoms with Crippen molar-refractivity contribution in [2.75, 3.05) is 11.9 Å². The first-order valence-corrected chi connectivity index (χ1v) is 8.54. The lowest BCUT2D eigenvalue weighted by atomic mass is 9.86. The van der Waals surface area contributed by atoms with Gasteiger partial charge < -0.3 is 10.2 Å². The summed E-state index contributed by atoms with van der Waals surface area (Å²) in [6.45, 7) is 3.45. The molecular formula is C21H21FN2O2. The summed E-state index contributed by atoms with van der Waals surface area (Å²) in [7, 11) is 1.63. The molecule has 0 aliphatic heterocycles. The van der Waals surface area contributed by atoms with Crippen LogP contribution >= 0.6 is 0 Å². The van der Waals surface area contributed by atoms with E-state index in [1.807, 2.05) is 24.3 Å². The number of nitrogens with zero attached hydrogens (tertiary/aromatic N) is 1. The van der Waals surface area contributed by atoms with E-state index in [-0.39, 0.29) is 11.8 Å². The van der Waals surface area contributed by atoms with Crippen LogP contribution < -0.4 is 10.2 Å². The third-order valence-corrected chi connectivity index (χ3v) is 4.75. The third kappa shape index (κ3) is 3.52. The minimum Gasteiger partial charge on any atom is -0.342 e. The molecule has 0 fully saturated rings. The van der Waals surface area contributed by atoms with Gasteiger partial charge in [0.1, 0.15) is 6.17 Å². The number of anilines is 1. The molecule has 2 aromatic carbocycles. The Hall–Kier alpha value is -2.95. The monoisotopic (exact) mass is 352 g/mol. The third-order valence-electron chi connectivity index (χ3n) is 4.75. The van der Waals surface area contributed by atoms with Gasteiger partial charge in [-0.25, -0.2) is 4.39 Å². The quantitative estimate of drug-likeness (QED) is 0.855. The minimum absolute atomic E-state index is 0.235. The van der Waals surface area contributed by atoms with Crippen LogP contribution in [-0.2, 0) is 11.2 Å². The van der Waals surface area contributed by atoms with Gasteiger partial charge in [0, 0.05) is 18.3 Å². The molecule has 0 saturated heterocycles. The van der Waals surface area contributed by atoms with E-state index < -0.39 is 12.2 Å². The zero-order valence-corrected chi connectivity index (χ0v) is 14.6. The van der Waals surface area contributed by atoms with Crippen LogP contribution in [-0.4, -0.2) is 25.0 Å². The largest absolute Gasteiger partial charge is 0.342 e. The van der Waals surface area contributed by atoms with Gasteiger partial charge in [-0.05, 0) is 54.3 Å². The highest BCUT2D eigenvalue weighted by Crippen LogP contribution is 2.32. The maximum atomic E-state index is 14.4. The molecule has 0 radical (unpaired) electrons. The fourth-order valence-electron chi connectivity index (χ4n) is 3.21. The summed E-state index contributed by atoms with van der Waals surface area (Å²) in [6, 6.07) is 13.6. The van der Waals surface area contributed by atoms with Crippen molar-refractivity contribution in [1.82, 2.24) is 5.32 Å². The second-order valence-corrected chi connectivity index (χ2v) is 6.35. The Morgan fingerprint density at radius 3 is 2.58 bits per heavy atom. The van der Waals surface area contributed by atoms with Gasteiger partial charge in [0.2, 0.25) is 5.91 Å². The number of hydrogen-bond donors (Lipinski definition) is 1. The van der Waals surface area contributed by atoms with Gasteiger partial charge in [-0.15, -0.1) is 0 Å². The van der Waals surface area contributed by atoms with E-state index in [0.29, 0.717) is 24.1 Å². The summed E-state index contributed by atoms with van der Waals surface area (Å²) in [6.07, 6.45) is 1.20. The van der Waals surface area contributed by atoms with Gasteiger partial charge in [0.25, 0.3) is 5.91 Å². The number of halogens is 1. The summed E-state index contributed by atoms with van der Waals surface area (Å²) in [5, 5.41) is 2.81. The first-order chi connectivity index (χ1) is 12.5. The average molecular weight is 352 g/mol. The number of carbonyl (C=O) groups excluding carboxylic acids is 2. The second-order valence-electron chi connectivity index (χ2n) is 6.35. The molecule has 2 aromatic rings. The Morgan fingerprint density at radius 2 is 1.88 bits per heavy atom. The lowest BCUT2D eigenvalue weighted by Crippen LogP contribution is -2.37. The van der Waals surface area contributed by atoms with E-state index >= 15 is 0 Å². The van der Waals surface area contributed by atoms with Crippen LogP contribution in [0, 0.1) is 0 Å². The predicted molar refractivity (Wildman–Crippen MR) is 99.9 cm³/mol. The molecule has 0 bridgehead atoms. The SMILES string of the molecule is C=CC(=O)N(C)c1ccc(C(=O)NC2c3ccccc3CCC2F)cc1. The Labute approximate surface area is 152 Å². The summed E-state index contributed by atoms with van der Waals surface area (Å²) in [4.78, 5) is 25.6. The minimum atomic E-state index is -1.11. The first-order valence-electron chi connectivity index (χ1n) is 8.54. The summed E-state index contributed by atoms with van der Waals surface area (Å²) >= 11 is 0. The van der Waals surface area contributed by atoms with Crippen molar-refractivity contribution >= 4 is 17.5 Å². The van der Waals surface area contributed by atoms with E-state index in [9.17, 15) is 14.0 Å². The molecule has 0 aromatic heterocycles. The molecule has 4 nitrogen and oxygen atoms in total. The van der Waals surface area contributed by atoms with E-state index in [0.717, 1.165) is 11.1 Å². The van der Waals surface area contributed by atoms with Crippen molar-refractivity contribution in [3.8, 4) is 0 Å². The highest BCUT2D eigenvalue weighted by molar-refractivity contribution is 6.01. The maximum Gasteiger partial charge on any atom is 0.251 e. The number of carbonyl (C=O) groups is 2. The van der Waals surface area contributed by atoms with Crippen molar-refractivity contribution < 1.29 is 14.0 Å². The van der Waals surface area contributed by atoms with Crippen LogP contribution in [0.25, 0.3) is 0 Å². The van der Waals surface area contributed by atoms with Crippen LogP contribution in [0.15, 0.2) is 61.2 Å². The Balaban J connectivity index is 1.76. The van der Waals surface area contributed by atoms with Crippen molar-refractivity contribution in [3.63, 3.8) is 0 Å². The lowest BCUT2D eigenvalue weighted by molar-refractivity contribution is -0.113. The highest BCUT2D eigenvalue weighted by Gasteiger charge is 2.30. The highest BCUT2D eigenvalue weighted by atomic mass is 19.1. The van der Waals surface area contributed by atoms with Gasteiger partial charge in [0.15, 0.2) is 0 Å². The average Bonchev–Trinajstić information content (AvgIpc) is 2.69. The molecule has 1 aliphatic carbocycles. The Kier molecular flexibility index (Phi) is 5.16. The fourth-order valence-corrected chi connectivity index (χ4v) is 3.21. The first kappa shape index (κ1) is 17.9. The lowest BCUT2D eigenvalue weighted by Gasteiger charge is -2.29. The summed E-state index contributed by atoms with van der Waals surface area (Å²) in [5.74, 6) is -0.570. The molecule has 3 rings (SSSR count). The van der Waals surface area contributed by atoms with E-state index in [2.05, 4.69) is 11.9 Å². The molecule has 0 heterocycles. The standard InChI is InChI=1S/C21H21FN2O2/c1-3-19(25)24(2)16-11-8-15(9-12-16)21(26)23-20-17-7-5-4-6-14(17)10-13-18(20)22/h3-9,11-12,18,20H,1,10,13H2,2H3,(H,23,26). The van der Waals surface area contributed by atoms with Gasteiger partial charge in [-0.2, -0.15) is 0 Å². The number of alkyl halides is 1. The molecule has 134 valence electrons. The number of benzene rings is 2. The number of aryl methyl sites for hydroxylation is 1. The Bertz CT molecular complexity index is 832. The van der Waals surface area contributed by atoms with Crippen LogP contribution in [0.4, 0.5) is 10.1 Å². The molecule has 0 spiro atoms. The van der Waals surface area contributed by atoms with Gasteiger partial charge in [0.05, 0.1) is 6.04 Å². The molecule has 5 heteroatoms. The van der Waals surface area contributed by atoms with Gasteiger partial charge in [-0.3, -0.25) is 9.59 Å². The van der Waals surface area contributed by atoms with Crippen molar-refractivity contribution in [1.29, 1.82) is 0 Å². The fraction of sp³-hybridized carbons (Fsp3) is 0.238. The van der Waals surface area contributed by atoms with Crippen LogP contribution in [0.3, 0.4) is 0 Å². The Morgan fingerprint density at radius 1 is 1.19 bits per heavy atom. The number of rotatable bonds is 4. The molecule has 1 aliphatic rings. The number of fused-ring (bicyclic) bond motifs is 1. The van der Waals surface area contributed by atoms with Crippen molar-refractivity contribution in [2.24, 2.45) is 0 Å². The number of nitrogens with one attached hydrogen (secondary N) is 1. The summed E-state index contributed by atoms with van der Waals surface area (Å²) in [5.41, 5.74) is 2.99. The molecule has 26 heavy (non-hydrogen) atoms. The second kappa shape index (κ2) is 7.52. The molecule has 2 unspecified atom stereocenters. The van der Waals surface area contributed by atoms with Crippen LogP contribution in [0.1, 0.15) is 33.9 Å². The normalized spacial score (nSPS) is 18.5. The zero-order valence-electron chi connectivity index (χ0n) is 14.6. The van der Waals surface area contributed by atoms with E-state index in [1.54, 1.807) is 31.3 Å². The summed E-state index contributed by atoms with van der Waals surface area (Å²) < 4.78 is 14.4. The number of likely N-dealkylation sites (N-methyl/N-ethyl adjacent to an activating group) is 1. The van der Waals surface area contributed by atoms with E-state index in [1.165, 1.54) is 11.0 Å². The number of amides is 2. The predicted octanol–water partition coefficient (Wildman–Crippen LogP) is 3.59. The smallest absolute Gasteiger partial charge is 0.251 e. The van der Waals surface area contributed by atoms with Crippen molar-refractivity contribution in [2.45, 2.75) is 25.1 Å². The zero-order chi connectivity index (χ0) is 18.7. The van der Waals surface area contributed by atoms with Crippen LogP contribution in [0.5, 0.6) is 0 Å². The number of hydrogen-bond acceptors (Lipinski definition) is 2. The molecule has 0 saturated carbocycles. The molecule has 1 N–H and O–H groups in total. The van der Waals surface area contributed by atoms with Gasteiger partial charge in [-0.1, -0.05) is 30.8 Å². The molecule has 2 amide bonds. The molecular weight excluding hydrogens is 331 g/mol. The maximum absolute atomic E-state index is 14.4. The van der Waals surface area contributed by atoms with E-state index in [4.69, 9.17) is 0 Å². The van der Waals surface area contributed by atoms with Crippen molar-refractivity contribution in [3.05, 3.63) is 77.9 Å².